The van der Waals surface area contributed by atoms with E-state index in [0.29, 0.717) is 36.2 Å². The van der Waals surface area contributed by atoms with Gasteiger partial charge < -0.3 is 20.9 Å². The summed E-state index contributed by atoms with van der Waals surface area (Å²) in [5.41, 5.74) is 8.81. The number of nitrogens with two attached hydrogens (primary N) is 1. The van der Waals surface area contributed by atoms with E-state index in [9.17, 15) is 9.90 Å². The van der Waals surface area contributed by atoms with E-state index in [2.05, 4.69) is 25.6 Å². The van der Waals surface area contributed by atoms with Crippen LogP contribution in [0.25, 0.3) is 11.1 Å². The number of benzene rings is 1. The molecule has 0 aliphatic carbocycles. The average Bonchev–Trinajstić information content (AvgIpc) is 3.23. The fraction of sp³-hybridized carbons (Fsp3) is 0.455. The van der Waals surface area contributed by atoms with E-state index in [1.807, 2.05) is 19.1 Å². The third-order valence-electron chi connectivity index (χ3n) is 4.92. The molecule has 2 heterocycles. The minimum absolute atomic E-state index is 0.109. The van der Waals surface area contributed by atoms with Crippen LogP contribution in [0.2, 0.25) is 0 Å². The number of nitrogen functional groups attached to an aromatic ring is 1. The van der Waals surface area contributed by atoms with Gasteiger partial charge >= 0.3 is 6.03 Å². The molecule has 2 amide bonds. The van der Waals surface area contributed by atoms with Crippen LogP contribution in [-0.2, 0) is 10.3 Å². The zero-order valence-corrected chi connectivity index (χ0v) is 18.4. The molecule has 1 saturated heterocycles. The maximum Gasteiger partial charge on any atom is 0.320 e. The molecule has 166 valence electrons. The normalized spacial score (nSPS) is 16.9. The Morgan fingerprint density at radius 2 is 2.03 bits per heavy atom. The molecule has 1 fully saturated rings. The van der Waals surface area contributed by atoms with Crippen molar-refractivity contribution in [3.8, 4) is 11.1 Å². The number of aliphatic imine (C=N–C) groups is 1. The summed E-state index contributed by atoms with van der Waals surface area (Å²) in [5.74, 6) is 0.757. The maximum absolute atomic E-state index is 11.8. The summed E-state index contributed by atoms with van der Waals surface area (Å²) in [7, 11) is 0. The predicted molar refractivity (Wildman–Crippen MR) is 120 cm³/mol. The molecule has 2 aromatic rings. The molecule has 9 nitrogen and oxygen atoms in total. The molecule has 0 bridgehead atoms. The van der Waals surface area contributed by atoms with Gasteiger partial charge in [-0.3, -0.25) is 5.32 Å². The molecule has 1 aliphatic rings. The Morgan fingerprint density at radius 3 is 2.61 bits per heavy atom. The molecule has 9 heteroatoms. The summed E-state index contributed by atoms with van der Waals surface area (Å²) in [4.78, 5) is 25.0. The molecule has 1 aromatic carbocycles. The number of rotatable bonds is 5. The van der Waals surface area contributed by atoms with Crippen molar-refractivity contribution in [2.45, 2.75) is 52.2 Å². The number of aliphatic hydroxyl groups is 1. The van der Waals surface area contributed by atoms with Crippen molar-refractivity contribution in [1.29, 1.82) is 0 Å². The van der Waals surface area contributed by atoms with Crippen LogP contribution >= 0.6 is 0 Å². The zero-order valence-electron chi connectivity index (χ0n) is 18.4. The largest absolute Gasteiger partial charge is 0.397 e. The van der Waals surface area contributed by atoms with Crippen LogP contribution in [0, 0.1) is 0 Å². The molecule has 0 unspecified atom stereocenters. The van der Waals surface area contributed by atoms with Gasteiger partial charge in [-0.05, 0) is 58.2 Å². The van der Waals surface area contributed by atoms with E-state index in [4.69, 9.17) is 10.5 Å². The van der Waals surface area contributed by atoms with Gasteiger partial charge in [-0.25, -0.2) is 19.8 Å². The van der Waals surface area contributed by atoms with Gasteiger partial charge in [-0.15, -0.1) is 0 Å². The van der Waals surface area contributed by atoms with E-state index in [1.165, 1.54) is 0 Å². The number of nitrogens with one attached hydrogen (secondary N) is 2. The van der Waals surface area contributed by atoms with Gasteiger partial charge in [-0.1, -0.05) is 0 Å². The van der Waals surface area contributed by atoms with Crippen LogP contribution in [-0.4, -0.2) is 40.1 Å². The molecular weight excluding hydrogens is 396 g/mol. The number of carbonyl (C=O) groups is 1. The van der Waals surface area contributed by atoms with Gasteiger partial charge in [0.25, 0.3) is 0 Å². The van der Waals surface area contributed by atoms with Crippen LogP contribution in [0.4, 0.5) is 16.2 Å². The molecule has 3 rings (SSSR count). The van der Waals surface area contributed by atoms with Crippen molar-refractivity contribution in [2.24, 2.45) is 4.99 Å². The summed E-state index contributed by atoms with van der Waals surface area (Å²) < 4.78 is 5.86. The average molecular weight is 427 g/mol. The predicted octanol–water partition coefficient (Wildman–Crippen LogP) is 3.17. The Kier molecular flexibility index (Phi) is 6.87. The number of nitrogens with zero attached hydrogens (tertiary/aromatic N) is 3. The first-order valence-corrected chi connectivity index (χ1v) is 10.4. The highest BCUT2D eigenvalue weighted by molar-refractivity contribution is 5.98. The lowest BCUT2D eigenvalue weighted by molar-refractivity contribution is 0.0687. The summed E-state index contributed by atoms with van der Waals surface area (Å²) in [6.45, 7) is 8.02. The fourth-order valence-corrected chi connectivity index (χ4v) is 3.38. The van der Waals surface area contributed by atoms with Crippen LogP contribution < -0.4 is 16.4 Å². The van der Waals surface area contributed by atoms with E-state index in [1.54, 1.807) is 33.2 Å². The van der Waals surface area contributed by atoms with Gasteiger partial charge in [0.2, 0.25) is 0 Å². The van der Waals surface area contributed by atoms with E-state index in [0.717, 1.165) is 29.5 Å². The highest BCUT2D eigenvalue weighted by atomic mass is 16.5. The van der Waals surface area contributed by atoms with Crippen molar-refractivity contribution in [3.05, 3.63) is 35.9 Å². The molecule has 5 N–H and O–H groups in total. The second-order valence-corrected chi connectivity index (χ2v) is 8.04. The molecule has 0 saturated carbocycles. The number of urea groups is 1. The Labute approximate surface area is 182 Å². The number of amides is 2. The van der Waals surface area contributed by atoms with E-state index >= 15 is 0 Å². The Bertz CT molecular complexity index is 960. The number of carbonyl (C=O) groups excluding carboxylic acids is 1. The van der Waals surface area contributed by atoms with Gasteiger partial charge in [0.1, 0.15) is 11.4 Å². The summed E-state index contributed by atoms with van der Waals surface area (Å²) in [6, 6.07) is 3.48. The van der Waals surface area contributed by atoms with Crippen molar-refractivity contribution < 1.29 is 14.6 Å². The Balaban J connectivity index is 2.02. The third-order valence-corrected chi connectivity index (χ3v) is 4.92. The van der Waals surface area contributed by atoms with Gasteiger partial charge in [-0.2, -0.15) is 0 Å². The first-order valence-electron chi connectivity index (χ1n) is 10.4. The molecular formula is C22H30N6O3. The van der Waals surface area contributed by atoms with Gasteiger partial charge in [0.15, 0.2) is 5.82 Å². The van der Waals surface area contributed by atoms with Crippen LogP contribution in [0.1, 0.15) is 58.0 Å². The van der Waals surface area contributed by atoms with Crippen molar-refractivity contribution in [3.63, 3.8) is 0 Å². The number of aromatic nitrogens is 2. The molecule has 0 spiro atoms. The lowest BCUT2D eigenvalue weighted by atomic mass is 9.97. The monoisotopic (exact) mass is 426 g/mol. The van der Waals surface area contributed by atoms with Crippen LogP contribution in [0.15, 0.2) is 29.5 Å². The third kappa shape index (κ3) is 5.56. The van der Waals surface area contributed by atoms with Gasteiger partial charge in [0, 0.05) is 36.7 Å². The topological polar surface area (TPSA) is 135 Å². The van der Waals surface area contributed by atoms with Crippen LogP contribution in [0.5, 0.6) is 0 Å². The SMILES string of the molecule is CCNC(=O)NC(C)=Nc1cc(-c2cnc(C(C)(C)O)nc2)cc([C@H]2CCCO2)c1N. The molecule has 1 atom stereocenters. The number of hydrogen-bond donors (Lipinski definition) is 4. The summed E-state index contributed by atoms with van der Waals surface area (Å²) in [6.07, 6.45) is 5.06. The lowest BCUT2D eigenvalue weighted by Crippen LogP contribution is -2.38. The fourth-order valence-electron chi connectivity index (χ4n) is 3.38. The number of anilines is 1. The van der Waals surface area contributed by atoms with E-state index in [-0.39, 0.29) is 12.1 Å². The van der Waals surface area contributed by atoms with Gasteiger partial charge in [0.05, 0.1) is 17.5 Å². The quantitative estimate of drug-likeness (QED) is 0.329. The second-order valence-electron chi connectivity index (χ2n) is 8.04. The molecule has 0 radical (unpaired) electrons. The highest BCUT2D eigenvalue weighted by Gasteiger charge is 2.23. The smallest absolute Gasteiger partial charge is 0.320 e. The summed E-state index contributed by atoms with van der Waals surface area (Å²) >= 11 is 0. The standard InChI is InChI=1S/C22H30N6O3/c1-5-24-21(29)28-13(2)27-17-10-14(9-16(19(17)23)18-7-6-8-31-18)15-11-25-20(26-12-15)22(3,4)30/h9-12,18,30H,5-8,23H2,1-4H3,(H2,24,27,28,29)/t18-/m1/s1. The summed E-state index contributed by atoms with van der Waals surface area (Å²) in [5, 5.41) is 15.5. The molecule has 31 heavy (non-hydrogen) atoms. The number of ether oxygens (including phenoxy) is 1. The number of amidine groups is 1. The van der Waals surface area contributed by atoms with E-state index < -0.39 is 5.60 Å². The van der Waals surface area contributed by atoms with Crippen molar-refractivity contribution >= 4 is 23.2 Å². The second kappa shape index (κ2) is 9.40. The lowest BCUT2D eigenvalue weighted by Gasteiger charge is -2.18. The first kappa shape index (κ1) is 22.6. The maximum atomic E-state index is 11.8. The Hall–Kier alpha value is -3.04. The first-order chi connectivity index (χ1) is 14.7. The highest BCUT2D eigenvalue weighted by Crippen LogP contribution is 2.40. The Morgan fingerprint density at radius 1 is 1.32 bits per heavy atom. The number of hydrogen-bond acceptors (Lipinski definition) is 7. The molecule has 1 aromatic heterocycles. The van der Waals surface area contributed by atoms with Crippen molar-refractivity contribution in [2.75, 3.05) is 18.9 Å². The minimum atomic E-state index is -1.13. The minimum Gasteiger partial charge on any atom is -0.397 e. The van der Waals surface area contributed by atoms with Crippen molar-refractivity contribution in [1.82, 2.24) is 20.6 Å². The zero-order chi connectivity index (χ0) is 22.6. The van der Waals surface area contributed by atoms with Crippen LogP contribution in [0.3, 0.4) is 0 Å². The molecule has 1 aliphatic heterocycles.